The summed E-state index contributed by atoms with van der Waals surface area (Å²) < 4.78 is 11.1. The Balaban J connectivity index is 0.000000151. The first-order chi connectivity index (χ1) is 64.6. The highest BCUT2D eigenvalue weighted by molar-refractivity contribution is 7.17. The van der Waals surface area contributed by atoms with Gasteiger partial charge in [0.25, 0.3) is 6.01 Å². The predicted molar refractivity (Wildman–Crippen MR) is 544 cm³/mol. The number of rotatable bonds is 45. The molecule has 133 heavy (non-hydrogen) atoms. The lowest BCUT2D eigenvalue weighted by Gasteiger charge is -2.34. The number of nitrogens with zero attached hydrogens (tertiary/aromatic N) is 15. The smallest absolute Gasteiger partial charge is 0.297 e. The highest BCUT2D eigenvalue weighted by Gasteiger charge is 2.31. The highest BCUT2D eigenvalue weighted by atomic mass is 32.1. The van der Waals surface area contributed by atoms with E-state index in [-0.39, 0.29) is 35.0 Å². The zero-order valence-electron chi connectivity index (χ0n) is 81.5. The molecule has 4 aliphatic heterocycles. The number of aromatic nitrogens is 12. The summed E-state index contributed by atoms with van der Waals surface area (Å²) >= 11 is 2.92. The molecule has 4 aliphatic rings. The Labute approximate surface area is 796 Å². The number of Topliss-reactive ketones (excluding diaryl/α,β-unsaturated/α-hetero) is 4. The van der Waals surface area contributed by atoms with Gasteiger partial charge in [-0.15, -0.1) is 25.5 Å². The average Bonchev–Trinajstić information content (AvgIpc) is 1.69. The van der Waals surface area contributed by atoms with E-state index < -0.39 is 0 Å². The molecule has 4 fully saturated rings. The number of nitrogens with one attached hydrogen (secondary N) is 5. The highest BCUT2D eigenvalue weighted by Crippen LogP contribution is 2.35. The van der Waals surface area contributed by atoms with Crippen LogP contribution in [0.15, 0.2) is 132 Å². The van der Waals surface area contributed by atoms with E-state index in [0.29, 0.717) is 94.8 Å². The van der Waals surface area contributed by atoms with Crippen LogP contribution in [0.4, 0.5) is 22.2 Å². The van der Waals surface area contributed by atoms with Gasteiger partial charge in [0, 0.05) is 212 Å². The molecule has 28 heteroatoms. The summed E-state index contributed by atoms with van der Waals surface area (Å²) in [6.45, 7) is 45.2. The molecule has 12 heterocycles. The number of piperazine rings is 4. The second-order valence-electron chi connectivity index (χ2n) is 39.2. The van der Waals surface area contributed by atoms with E-state index in [1.807, 2.05) is 12.1 Å². The van der Waals surface area contributed by atoms with Gasteiger partial charge in [-0.25, -0.2) is 4.98 Å². The first-order valence-electron chi connectivity index (χ1n) is 49.9. The molecule has 4 atom stereocenters. The molecule has 4 unspecified atom stereocenters. The minimum atomic E-state index is 0.0620. The van der Waals surface area contributed by atoms with Crippen LogP contribution in [0.2, 0.25) is 0 Å². The number of ether oxygens (including phenoxy) is 1. The van der Waals surface area contributed by atoms with Gasteiger partial charge < -0.3 is 48.7 Å². The van der Waals surface area contributed by atoms with Crippen LogP contribution in [-0.2, 0) is 30.4 Å². The van der Waals surface area contributed by atoms with E-state index in [1.54, 1.807) is 13.3 Å². The first kappa shape index (κ1) is 101. The average molecular weight is 1850 g/mol. The maximum atomic E-state index is 13.2. The molecule has 0 amide bonds. The lowest BCUT2D eigenvalue weighted by atomic mass is 9.87. The summed E-state index contributed by atoms with van der Waals surface area (Å²) in [6, 6.07) is 34.2. The molecule has 0 aliphatic carbocycles. The first-order valence-corrected chi connectivity index (χ1v) is 51.5. The van der Waals surface area contributed by atoms with Gasteiger partial charge in [-0.05, 0) is 184 Å². The Hall–Kier alpha value is -9.81. The molecule has 26 nitrogen and oxygen atoms in total. The number of hydrogen-bond acceptors (Lipinski definition) is 23. The quantitative estimate of drug-likeness (QED) is 0.0222. The minimum Gasteiger partial charge on any atom is -0.420 e. The lowest BCUT2D eigenvalue weighted by molar-refractivity contribution is 0.0926. The van der Waals surface area contributed by atoms with Crippen molar-refractivity contribution in [3.63, 3.8) is 0 Å². The fourth-order valence-electron chi connectivity index (χ4n) is 19.0. The molecule has 4 aromatic carbocycles. The van der Waals surface area contributed by atoms with Crippen molar-refractivity contribution in [1.82, 2.24) is 80.1 Å². The summed E-state index contributed by atoms with van der Waals surface area (Å²) in [5.41, 5.74) is 9.79. The Bertz CT molecular complexity index is 5090. The Morgan fingerprint density at radius 3 is 1.06 bits per heavy atom. The zero-order chi connectivity index (χ0) is 93.5. The van der Waals surface area contributed by atoms with Crippen molar-refractivity contribution in [1.29, 1.82) is 0 Å². The Kier molecular flexibility index (Phi) is 38.8. The van der Waals surface area contributed by atoms with E-state index in [4.69, 9.17) is 9.15 Å². The molecule has 0 spiro atoms. The second-order valence-corrected chi connectivity index (χ2v) is 41.1. The number of ketones is 4. The van der Waals surface area contributed by atoms with Crippen molar-refractivity contribution in [2.24, 2.45) is 47.3 Å². The minimum absolute atomic E-state index is 0.0620. The van der Waals surface area contributed by atoms with Crippen molar-refractivity contribution in [2.75, 3.05) is 164 Å². The maximum Gasteiger partial charge on any atom is 0.297 e. The van der Waals surface area contributed by atoms with Gasteiger partial charge in [0.05, 0.1) is 12.8 Å². The number of fused-ring (bicyclic) bond motifs is 4. The number of oxazole rings is 1. The van der Waals surface area contributed by atoms with Crippen LogP contribution < -0.4 is 19.6 Å². The SMILES string of the molecule is CCCN1CCN(c2n[nH]c(C(=O)CC(CCC(C)C)Cc3c[nH]c4ccccc34)n2)CC1.CCCN1CCN(c2ncc(C(=O)CC(CCC(C)C)Cc3c[nH]c4ccccc34)o2)CC1.CCCN1CCN(c2nnc(C(=O)CC(CCC(C)C)Cc3c[nH]c4ccccc34)s2)CC1.COCCN1CCN(c2nnc(C(=O)CC(CCC(C)C)Cc3c[nH]c4ccccc34)s2)CC1. The fraction of sp³-hybridized carbons (Fsp3) is 0.571. The molecule has 718 valence electrons. The topological polar surface area (TPSA) is 286 Å². The third-order valence-electron chi connectivity index (χ3n) is 26.9. The van der Waals surface area contributed by atoms with Crippen molar-refractivity contribution in [3.8, 4) is 0 Å². The third kappa shape index (κ3) is 29.8. The summed E-state index contributed by atoms with van der Waals surface area (Å²) in [5.74, 6) is 5.50. The number of methoxy groups -OCH3 is 1. The standard InChI is InChI=1S/C27H38N4O2.C26H38N6O.C26H37N5O2S.C26H37N5OS/c1-4-11-30-12-14-31(15-13-30)27-29-19-26(33-27)25(32)17-21(10-9-20(2)3)16-22-18-28-24-8-6-5-7-23(22)24;1-4-11-31-12-14-32(15-13-31)26-28-25(29-30-26)24(33)17-20(10-9-19(2)3)16-21-18-27-23-8-6-5-7-22(21)23;1-19(2)8-9-20(16-21-18-27-23-7-5-4-6-22(21)23)17-24(32)25-28-29-26(34-25)31-12-10-30(11-13-31)14-15-33-3;1-4-11-30-12-14-31(15-13-30)26-29-28-25(33-26)24(32)17-20(10-9-19(2)3)16-21-18-27-23-8-6-5-7-22(21)23/h5-8,18-21,28H,4,9-17H2,1-3H3;5-8,18-20,27H,4,9-17H2,1-3H3,(H,28,29,30);4-7,18-20,27H,8-17H2,1-3H3;5-8,18-20,27H,4,9-17H2,1-3H3. The number of hydrogen-bond donors (Lipinski definition) is 5. The second kappa shape index (κ2) is 51.2. The number of carbonyl (C=O) groups excluding carboxylic acids is 4. The molecule has 0 bridgehead atoms. The number of para-hydroxylation sites is 4. The maximum absolute atomic E-state index is 13.2. The van der Waals surface area contributed by atoms with Gasteiger partial charge in [-0.3, -0.25) is 43.9 Å². The van der Waals surface area contributed by atoms with Crippen molar-refractivity contribution >= 4 is 112 Å². The number of aromatic amines is 5. The van der Waals surface area contributed by atoms with Crippen molar-refractivity contribution < 1.29 is 28.3 Å². The monoisotopic (exact) mass is 1850 g/mol. The largest absolute Gasteiger partial charge is 0.420 e. The lowest BCUT2D eigenvalue weighted by Crippen LogP contribution is -2.47. The fourth-order valence-corrected chi connectivity index (χ4v) is 20.7. The van der Waals surface area contributed by atoms with Crippen LogP contribution in [0.3, 0.4) is 0 Å². The van der Waals surface area contributed by atoms with E-state index >= 15 is 0 Å². The van der Waals surface area contributed by atoms with Gasteiger partial charge in [0.2, 0.25) is 16.2 Å². The molecule has 4 saturated heterocycles. The predicted octanol–water partition coefficient (Wildman–Crippen LogP) is 20.3. The number of anilines is 4. The molecular weight excluding hydrogens is 1700 g/mol. The Morgan fingerprint density at radius 1 is 0.391 bits per heavy atom. The van der Waals surface area contributed by atoms with E-state index in [9.17, 15) is 19.2 Å². The van der Waals surface area contributed by atoms with Crippen LogP contribution in [0.25, 0.3) is 43.6 Å². The summed E-state index contributed by atoms with van der Waals surface area (Å²) in [4.78, 5) is 94.0. The van der Waals surface area contributed by atoms with E-state index in [1.165, 1.54) is 85.7 Å². The number of benzene rings is 4. The van der Waals surface area contributed by atoms with Crippen LogP contribution in [0, 0.1) is 47.3 Å². The van der Waals surface area contributed by atoms with Crippen LogP contribution >= 0.6 is 22.7 Å². The zero-order valence-corrected chi connectivity index (χ0v) is 83.1. The Morgan fingerprint density at radius 2 is 0.714 bits per heavy atom. The van der Waals surface area contributed by atoms with Crippen molar-refractivity contribution in [2.45, 2.75) is 198 Å². The van der Waals surface area contributed by atoms with Crippen molar-refractivity contribution in [3.05, 3.63) is 172 Å². The van der Waals surface area contributed by atoms with Gasteiger partial charge in [0.1, 0.15) is 0 Å². The van der Waals surface area contributed by atoms with Gasteiger partial charge in [-0.2, -0.15) is 4.98 Å². The van der Waals surface area contributed by atoms with E-state index in [0.717, 1.165) is 247 Å². The molecule has 5 N–H and O–H groups in total. The molecule has 12 aromatic rings. The van der Waals surface area contributed by atoms with Crippen LogP contribution in [0.1, 0.15) is 236 Å². The van der Waals surface area contributed by atoms with Crippen LogP contribution in [-0.4, -0.2) is 248 Å². The summed E-state index contributed by atoms with van der Waals surface area (Å²) in [7, 11) is 1.74. The number of H-pyrrole nitrogens is 5. The van der Waals surface area contributed by atoms with Gasteiger partial charge in [-0.1, -0.05) is 197 Å². The summed E-state index contributed by atoms with van der Waals surface area (Å²) in [6.07, 6.45) is 27.8. The third-order valence-corrected chi connectivity index (χ3v) is 28.9. The van der Waals surface area contributed by atoms with E-state index in [2.05, 4.69) is 286 Å². The van der Waals surface area contributed by atoms with Gasteiger partial charge >= 0.3 is 0 Å². The molecule has 8 aromatic heterocycles. The molecule has 0 radical (unpaired) electrons. The van der Waals surface area contributed by atoms with Crippen LogP contribution in [0.5, 0.6) is 0 Å². The molecular formula is C105H150N20O6S2. The molecule has 0 saturated carbocycles. The normalized spacial score (nSPS) is 16.0. The molecule has 16 rings (SSSR count). The summed E-state index contributed by atoms with van der Waals surface area (Å²) in [5, 5.41) is 32.5. The number of carbonyl (C=O) groups is 4. The van der Waals surface area contributed by atoms with Gasteiger partial charge in [0.15, 0.2) is 44.7 Å².